The first-order valence-electron chi connectivity index (χ1n) is 16.0. The predicted octanol–water partition coefficient (Wildman–Crippen LogP) is 11.5. The van der Waals surface area contributed by atoms with Crippen LogP contribution in [0, 0.1) is 0 Å². The second kappa shape index (κ2) is 10.1. The van der Waals surface area contributed by atoms with Crippen LogP contribution >= 0.6 is 0 Å². The Labute approximate surface area is 271 Å². The normalized spacial score (nSPS) is 11.8. The van der Waals surface area contributed by atoms with Gasteiger partial charge in [-0.15, -0.1) is 0 Å². The van der Waals surface area contributed by atoms with Gasteiger partial charge >= 0.3 is 0 Å². The highest BCUT2D eigenvalue weighted by Crippen LogP contribution is 2.42. The van der Waals surface area contributed by atoms with Gasteiger partial charge in [-0.25, -0.2) is 9.97 Å². The van der Waals surface area contributed by atoms with Gasteiger partial charge < -0.3 is 0 Å². The minimum atomic E-state index is 0.868. The highest BCUT2D eigenvalue weighted by molar-refractivity contribution is 6.27. The third-order valence-corrected chi connectivity index (χ3v) is 9.68. The Hall–Kier alpha value is -6.32. The molecule has 0 aliphatic carbocycles. The summed E-state index contributed by atoms with van der Waals surface area (Å²) in [4.78, 5) is 9.37. The zero-order valence-electron chi connectivity index (χ0n) is 25.4. The molecule has 3 aromatic heterocycles. The van der Waals surface area contributed by atoms with Gasteiger partial charge in [0.1, 0.15) is 11.5 Å². The second-order valence-corrected chi connectivity index (χ2v) is 12.2. The molecule has 0 atom stereocenters. The number of pyridine rings is 2. The van der Waals surface area contributed by atoms with E-state index in [0.29, 0.717) is 0 Å². The van der Waals surface area contributed by atoms with Crippen LogP contribution in [-0.4, -0.2) is 14.5 Å². The maximum atomic E-state index is 4.74. The van der Waals surface area contributed by atoms with E-state index < -0.39 is 0 Å². The summed E-state index contributed by atoms with van der Waals surface area (Å²) in [6.45, 7) is 0. The molecule has 0 N–H and O–H groups in total. The summed E-state index contributed by atoms with van der Waals surface area (Å²) in [6.07, 6.45) is 3.68. The molecule has 0 unspecified atom stereocenters. The van der Waals surface area contributed by atoms with Gasteiger partial charge in [-0.05, 0) is 102 Å². The molecular formula is C44H27N3. The maximum absolute atomic E-state index is 4.74. The van der Waals surface area contributed by atoms with Crippen molar-refractivity contribution in [3.8, 4) is 39.2 Å². The minimum absolute atomic E-state index is 0.868. The first kappa shape index (κ1) is 26.0. The molecule has 3 heterocycles. The molecule has 0 amide bonds. The number of hydrogen-bond acceptors (Lipinski definition) is 2. The molecule has 10 rings (SSSR count). The van der Waals surface area contributed by atoms with E-state index in [0.717, 1.165) is 22.4 Å². The standard InChI is InChI=1S/C44H27N3/c1-2-7-29(8-3-1)34-20-15-31-18-23-37-35(21-16-32-17-22-36(34)42(31)43(32)37)30-13-11-28(12-14-30)33-19-24-40-39(27-33)38-9-6-26-46-44(38)47(40)41-10-4-5-25-45-41/h1-27H. The van der Waals surface area contributed by atoms with Crippen LogP contribution in [-0.2, 0) is 0 Å². The average molecular weight is 598 g/mol. The van der Waals surface area contributed by atoms with Crippen molar-refractivity contribution in [2.75, 3.05) is 0 Å². The molecule has 0 aliphatic rings. The van der Waals surface area contributed by atoms with Crippen molar-refractivity contribution in [1.29, 1.82) is 0 Å². The average Bonchev–Trinajstić information content (AvgIpc) is 3.48. The van der Waals surface area contributed by atoms with E-state index in [4.69, 9.17) is 4.98 Å². The molecule has 3 nitrogen and oxygen atoms in total. The van der Waals surface area contributed by atoms with Crippen LogP contribution < -0.4 is 0 Å². The van der Waals surface area contributed by atoms with Crippen molar-refractivity contribution in [2.45, 2.75) is 0 Å². The van der Waals surface area contributed by atoms with Gasteiger partial charge in [-0.3, -0.25) is 4.57 Å². The lowest BCUT2D eigenvalue weighted by Crippen LogP contribution is -1.97. The fraction of sp³-hybridized carbons (Fsp3) is 0. The zero-order valence-corrected chi connectivity index (χ0v) is 25.4. The smallest absolute Gasteiger partial charge is 0.146 e. The molecule has 0 radical (unpaired) electrons. The Kier molecular flexibility index (Phi) is 5.57. The largest absolute Gasteiger partial charge is 0.278 e. The number of hydrogen-bond donors (Lipinski definition) is 0. The third kappa shape index (κ3) is 3.93. The van der Waals surface area contributed by atoms with Gasteiger partial charge in [-0.2, -0.15) is 0 Å². The molecule has 3 heteroatoms. The Morgan fingerprint density at radius 1 is 0.383 bits per heavy atom. The van der Waals surface area contributed by atoms with Gasteiger partial charge in [0, 0.05) is 23.2 Å². The van der Waals surface area contributed by atoms with Crippen molar-refractivity contribution < 1.29 is 0 Å². The van der Waals surface area contributed by atoms with Crippen LogP contribution in [0.5, 0.6) is 0 Å². The number of nitrogens with zero attached hydrogens (tertiary/aromatic N) is 3. The predicted molar refractivity (Wildman–Crippen MR) is 196 cm³/mol. The summed E-state index contributed by atoms with van der Waals surface area (Å²) in [5, 5.41) is 10.1. The molecule has 7 aromatic carbocycles. The fourth-order valence-corrected chi connectivity index (χ4v) is 7.51. The van der Waals surface area contributed by atoms with Crippen LogP contribution in [0.15, 0.2) is 164 Å². The monoisotopic (exact) mass is 597 g/mol. The zero-order chi connectivity index (χ0) is 30.9. The van der Waals surface area contributed by atoms with Gasteiger partial charge in [0.05, 0.1) is 5.52 Å². The molecule has 0 bridgehead atoms. The van der Waals surface area contributed by atoms with Crippen molar-refractivity contribution in [1.82, 2.24) is 14.5 Å². The highest BCUT2D eigenvalue weighted by atomic mass is 15.1. The number of benzene rings is 7. The number of rotatable bonds is 4. The molecule has 0 saturated carbocycles. The van der Waals surface area contributed by atoms with Crippen molar-refractivity contribution in [3.63, 3.8) is 0 Å². The SMILES string of the molecule is c1ccc(-c2ccc3ccc4c(-c5ccc(-c6ccc7c(c6)c6cccnc6n7-c6ccccn6)cc5)ccc5ccc2c3c54)cc1. The van der Waals surface area contributed by atoms with E-state index in [1.54, 1.807) is 0 Å². The quantitative estimate of drug-likeness (QED) is 0.189. The fourth-order valence-electron chi connectivity index (χ4n) is 7.51. The van der Waals surface area contributed by atoms with Crippen LogP contribution in [0.25, 0.3) is 93.5 Å². The first-order chi connectivity index (χ1) is 23.3. The third-order valence-electron chi connectivity index (χ3n) is 9.68. The summed E-state index contributed by atoms with van der Waals surface area (Å²) in [5.74, 6) is 0.868. The Balaban J connectivity index is 1.09. The van der Waals surface area contributed by atoms with E-state index in [1.807, 2.05) is 36.7 Å². The van der Waals surface area contributed by atoms with E-state index in [2.05, 4.69) is 137 Å². The van der Waals surface area contributed by atoms with Crippen LogP contribution in [0.4, 0.5) is 0 Å². The highest BCUT2D eigenvalue weighted by Gasteiger charge is 2.17. The summed E-state index contributed by atoms with van der Waals surface area (Å²) < 4.78 is 2.15. The second-order valence-electron chi connectivity index (χ2n) is 12.2. The lowest BCUT2D eigenvalue weighted by atomic mass is 9.87. The van der Waals surface area contributed by atoms with Crippen LogP contribution in [0.1, 0.15) is 0 Å². The van der Waals surface area contributed by atoms with Crippen molar-refractivity contribution in [2.24, 2.45) is 0 Å². The summed E-state index contributed by atoms with van der Waals surface area (Å²) in [6, 6.07) is 54.8. The molecule has 0 fully saturated rings. The van der Waals surface area contributed by atoms with Gasteiger partial charge in [-0.1, -0.05) is 115 Å². The maximum Gasteiger partial charge on any atom is 0.146 e. The summed E-state index contributed by atoms with van der Waals surface area (Å²) in [5.41, 5.74) is 9.37. The Morgan fingerprint density at radius 3 is 1.70 bits per heavy atom. The van der Waals surface area contributed by atoms with Gasteiger partial charge in [0.25, 0.3) is 0 Å². The topological polar surface area (TPSA) is 30.7 Å². The van der Waals surface area contributed by atoms with Crippen LogP contribution in [0.3, 0.4) is 0 Å². The molecule has 10 aromatic rings. The van der Waals surface area contributed by atoms with Crippen molar-refractivity contribution in [3.05, 3.63) is 164 Å². The van der Waals surface area contributed by atoms with Gasteiger partial charge in [0.2, 0.25) is 0 Å². The molecule has 47 heavy (non-hydrogen) atoms. The molecule has 0 aliphatic heterocycles. The number of aromatic nitrogens is 3. The summed E-state index contributed by atoms with van der Waals surface area (Å²) in [7, 11) is 0. The van der Waals surface area contributed by atoms with E-state index >= 15 is 0 Å². The van der Waals surface area contributed by atoms with Gasteiger partial charge in [0.15, 0.2) is 0 Å². The lowest BCUT2D eigenvalue weighted by Gasteiger charge is -2.16. The molecule has 218 valence electrons. The van der Waals surface area contributed by atoms with E-state index in [9.17, 15) is 0 Å². The van der Waals surface area contributed by atoms with E-state index in [-0.39, 0.29) is 0 Å². The molecule has 0 spiro atoms. The Bertz CT molecular complexity index is 2760. The minimum Gasteiger partial charge on any atom is -0.278 e. The molecular weight excluding hydrogens is 571 g/mol. The Morgan fingerprint density at radius 2 is 1.00 bits per heavy atom. The van der Waals surface area contributed by atoms with E-state index in [1.165, 1.54) is 71.1 Å². The molecule has 0 saturated heterocycles. The lowest BCUT2D eigenvalue weighted by molar-refractivity contribution is 1.06. The van der Waals surface area contributed by atoms with Crippen LogP contribution in [0.2, 0.25) is 0 Å². The summed E-state index contributed by atoms with van der Waals surface area (Å²) >= 11 is 0. The van der Waals surface area contributed by atoms with Crippen molar-refractivity contribution >= 4 is 54.3 Å². The first-order valence-corrected chi connectivity index (χ1v) is 16.0. The number of fused-ring (bicyclic) bond motifs is 3.